The van der Waals surface area contributed by atoms with Gasteiger partial charge in [0.25, 0.3) is 0 Å². The van der Waals surface area contributed by atoms with Gasteiger partial charge in [0.05, 0.1) is 5.02 Å². The smallest absolute Gasteiger partial charge is 0.250 e. The fraction of sp³-hybridized carbons (Fsp3) is 0.125. The maximum absolute atomic E-state index is 12.2. The molecule has 2 amide bonds. The number of hydrogen-bond donors (Lipinski definition) is 3. The first-order valence-corrected chi connectivity index (χ1v) is 11.3. The van der Waals surface area contributed by atoms with E-state index in [1.807, 2.05) is 6.92 Å². The first-order valence-electron chi connectivity index (χ1n) is 10.1. The normalized spacial score (nSPS) is 10.8. The van der Waals surface area contributed by atoms with Crippen molar-refractivity contribution in [2.75, 3.05) is 10.6 Å². The van der Waals surface area contributed by atoms with Crippen LogP contribution in [0, 0.1) is 0 Å². The number of nitrogens with one attached hydrogen (secondary N) is 3. The molecule has 9 heteroatoms. The maximum atomic E-state index is 12.2. The van der Waals surface area contributed by atoms with Gasteiger partial charge in [-0.1, -0.05) is 36.2 Å². The molecular formula is C24H21Cl2N3O3S. The molecule has 0 aliphatic rings. The Labute approximate surface area is 207 Å². The molecule has 2 aromatic carbocycles. The highest BCUT2D eigenvalue weighted by Gasteiger charge is 2.09. The van der Waals surface area contributed by atoms with Gasteiger partial charge >= 0.3 is 0 Å². The Balaban J connectivity index is 1.55. The number of benzene rings is 2. The molecule has 0 bridgehead atoms. The molecule has 0 saturated carbocycles. The summed E-state index contributed by atoms with van der Waals surface area (Å²) in [7, 11) is 0. The Morgan fingerprint density at radius 3 is 2.52 bits per heavy atom. The molecule has 0 atom stereocenters. The van der Waals surface area contributed by atoms with Crippen molar-refractivity contribution >= 4 is 69.8 Å². The van der Waals surface area contributed by atoms with Crippen molar-refractivity contribution in [1.82, 2.24) is 5.32 Å². The third kappa shape index (κ3) is 7.46. The number of hydrogen-bond acceptors (Lipinski definition) is 4. The second kappa shape index (κ2) is 11.7. The Morgan fingerprint density at radius 1 is 1.03 bits per heavy atom. The SMILES string of the molecule is CCCC(=O)Nc1cccc(NC(=S)NC(=O)/C=C/c2ccc(-c3ccc(Cl)cc3Cl)o2)c1. The molecule has 33 heavy (non-hydrogen) atoms. The summed E-state index contributed by atoms with van der Waals surface area (Å²) >= 11 is 17.3. The molecule has 0 spiro atoms. The van der Waals surface area contributed by atoms with E-state index in [0.29, 0.717) is 44.9 Å². The second-order valence-electron chi connectivity index (χ2n) is 6.98. The van der Waals surface area contributed by atoms with E-state index in [4.69, 9.17) is 39.8 Å². The standard InChI is InChI=1S/C24H21Cl2N3O3S/c1-2-4-22(30)27-16-5-3-6-17(14-16)28-24(33)29-23(31)12-9-18-8-11-21(32-18)19-10-7-15(25)13-20(19)26/h3,5-14H,2,4H2,1H3,(H,27,30)(H2,28,29,31,33)/b12-9+. The number of thiocarbonyl (C=S) groups is 1. The molecule has 170 valence electrons. The minimum atomic E-state index is -0.428. The van der Waals surface area contributed by atoms with E-state index in [1.165, 1.54) is 12.2 Å². The van der Waals surface area contributed by atoms with Gasteiger partial charge in [0.1, 0.15) is 11.5 Å². The molecule has 0 fully saturated rings. The Bertz CT molecular complexity index is 1210. The van der Waals surface area contributed by atoms with Crippen LogP contribution >= 0.6 is 35.4 Å². The average molecular weight is 502 g/mol. The van der Waals surface area contributed by atoms with Gasteiger partial charge in [-0.2, -0.15) is 0 Å². The van der Waals surface area contributed by atoms with Crippen LogP contribution in [0.2, 0.25) is 10.0 Å². The predicted molar refractivity (Wildman–Crippen MR) is 138 cm³/mol. The van der Waals surface area contributed by atoms with Gasteiger partial charge < -0.3 is 15.1 Å². The number of rotatable bonds is 7. The van der Waals surface area contributed by atoms with Crippen molar-refractivity contribution < 1.29 is 14.0 Å². The van der Waals surface area contributed by atoms with Crippen LogP contribution in [-0.4, -0.2) is 16.9 Å². The first-order chi connectivity index (χ1) is 15.8. The van der Waals surface area contributed by atoms with Crippen molar-refractivity contribution in [2.45, 2.75) is 19.8 Å². The van der Waals surface area contributed by atoms with Crippen LogP contribution in [0.1, 0.15) is 25.5 Å². The fourth-order valence-corrected chi connectivity index (χ4v) is 3.60. The lowest BCUT2D eigenvalue weighted by atomic mass is 10.2. The highest BCUT2D eigenvalue weighted by Crippen LogP contribution is 2.31. The molecule has 3 rings (SSSR count). The van der Waals surface area contributed by atoms with Gasteiger partial charge in [-0.15, -0.1) is 0 Å². The molecule has 3 aromatic rings. The monoisotopic (exact) mass is 501 g/mol. The number of anilines is 2. The third-order valence-corrected chi connectivity index (χ3v) is 5.09. The largest absolute Gasteiger partial charge is 0.457 e. The van der Waals surface area contributed by atoms with E-state index >= 15 is 0 Å². The fourth-order valence-electron chi connectivity index (χ4n) is 2.88. The zero-order chi connectivity index (χ0) is 23.8. The average Bonchev–Trinajstić information content (AvgIpc) is 3.21. The Kier molecular flexibility index (Phi) is 8.65. The van der Waals surface area contributed by atoms with Crippen LogP contribution in [0.4, 0.5) is 11.4 Å². The summed E-state index contributed by atoms with van der Waals surface area (Å²) < 4.78 is 5.73. The van der Waals surface area contributed by atoms with Crippen molar-refractivity contribution in [3.63, 3.8) is 0 Å². The van der Waals surface area contributed by atoms with Crippen molar-refractivity contribution in [3.8, 4) is 11.3 Å². The summed E-state index contributed by atoms with van der Waals surface area (Å²) in [6.07, 6.45) is 4.04. The molecule has 0 radical (unpaired) electrons. The maximum Gasteiger partial charge on any atom is 0.250 e. The predicted octanol–water partition coefficient (Wildman–Crippen LogP) is 6.52. The van der Waals surface area contributed by atoms with Gasteiger partial charge in [-0.05, 0) is 73.2 Å². The van der Waals surface area contributed by atoms with Crippen molar-refractivity contribution in [1.29, 1.82) is 0 Å². The van der Waals surface area contributed by atoms with Crippen molar-refractivity contribution in [2.24, 2.45) is 0 Å². The lowest BCUT2D eigenvalue weighted by Gasteiger charge is -2.10. The third-order valence-electron chi connectivity index (χ3n) is 4.34. The Morgan fingerprint density at radius 2 is 1.79 bits per heavy atom. The van der Waals surface area contributed by atoms with E-state index < -0.39 is 5.91 Å². The van der Waals surface area contributed by atoms with Crippen LogP contribution in [0.15, 0.2) is 65.1 Å². The quantitative estimate of drug-likeness (QED) is 0.253. The number of furan rings is 1. The van der Waals surface area contributed by atoms with E-state index in [0.717, 1.165) is 6.42 Å². The summed E-state index contributed by atoms with van der Waals surface area (Å²) in [4.78, 5) is 24.0. The molecule has 0 unspecified atom stereocenters. The van der Waals surface area contributed by atoms with Crippen LogP contribution < -0.4 is 16.0 Å². The molecule has 0 saturated heterocycles. The molecule has 3 N–H and O–H groups in total. The first kappa shape index (κ1) is 24.5. The molecule has 0 aliphatic heterocycles. The topological polar surface area (TPSA) is 83.4 Å². The van der Waals surface area contributed by atoms with E-state index in [1.54, 1.807) is 54.6 Å². The minimum absolute atomic E-state index is 0.0601. The molecule has 0 aliphatic carbocycles. The van der Waals surface area contributed by atoms with E-state index in [9.17, 15) is 9.59 Å². The lowest BCUT2D eigenvalue weighted by Crippen LogP contribution is -2.32. The molecule has 6 nitrogen and oxygen atoms in total. The summed E-state index contributed by atoms with van der Waals surface area (Å²) in [5.41, 5.74) is 1.97. The Hall–Kier alpha value is -3.13. The van der Waals surface area contributed by atoms with Crippen LogP contribution in [-0.2, 0) is 9.59 Å². The molecule has 1 aromatic heterocycles. The van der Waals surface area contributed by atoms with E-state index in [2.05, 4.69) is 16.0 Å². The van der Waals surface area contributed by atoms with E-state index in [-0.39, 0.29) is 11.0 Å². The molecular weight excluding hydrogens is 481 g/mol. The van der Waals surface area contributed by atoms with Gasteiger partial charge in [0.15, 0.2) is 5.11 Å². The van der Waals surface area contributed by atoms with Gasteiger partial charge in [-0.3, -0.25) is 14.9 Å². The van der Waals surface area contributed by atoms with Gasteiger partial charge in [0.2, 0.25) is 11.8 Å². The van der Waals surface area contributed by atoms with Crippen molar-refractivity contribution in [3.05, 3.63) is 76.5 Å². The lowest BCUT2D eigenvalue weighted by molar-refractivity contribution is -0.116. The van der Waals surface area contributed by atoms with Crippen LogP contribution in [0.5, 0.6) is 0 Å². The number of halogens is 2. The highest BCUT2D eigenvalue weighted by atomic mass is 35.5. The number of carbonyl (C=O) groups is 2. The summed E-state index contributed by atoms with van der Waals surface area (Å²) in [5.74, 6) is 0.540. The highest BCUT2D eigenvalue weighted by molar-refractivity contribution is 7.80. The minimum Gasteiger partial charge on any atom is -0.457 e. The zero-order valence-corrected chi connectivity index (χ0v) is 20.0. The van der Waals surface area contributed by atoms with Crippen LogP contribution in [0.3, 0.4) is 0 Å². The van der Waals surface area contributed by atoms with Gasteiger partial charge in [-0.25, -0.2) is 0 Å². The van der Waals surface area contributed by atoms with Crippen LogP contribution in [0.25, 0.3) is 17.4 Å². The summed E-state index contributed by atoms with van der Waals surface area (Å²) in [6.45, 7) is 1.94. The number of amides is 2. The summed E-state index contributed by atoms with van der Waals surface area (Å²) in [5, 5.41) is 9.41. The zero-order valence-electron chi connectivity index (χ0n) is 17.7. The summed E-state index contributed by atoms with van der Waals surface area (Å²) in [6, 6.07) is 15.6. The molecule has 1 heterocycles. The second-order valence-corrected chi connectivity index (χ2v) is 8.23. The number of carbonyl (C=O) groups excluding carboxylic acids is 2. The van der Waals surface area contributed by atoms with Gasteiger partial charge in [0, 0.05) is 34.5 Å².